The van der Waals surface area contributed by atoms with E-state index < -0.39 is 0 Å². The summed E-state index contributed by atoms with van der Waals surface area (Å²) >= 11 is 0. The summed E-state index contributed by atoms with van der Waals surface area (Å²) in [5.41, 5.74) is 0.499. The summed E-state index contributed by atoms with van der Waals surface area (Å²) in [6.07, 6.45) is 6.42. The summed E-state index contributed by atoms with van der Waals surface area (Å²) < 4.78 is 0. The largest absolute Gasteiger partial charge is 0.242 e. The molecule has 1 nitrogen and oxygen atoms in total. The molecule has 1 aliphatic rings. The molecule has 1 rings (SSSR count). The third-order valence-corrected chi connectivity index (χ3v) is 3.63. The SMILES string of the molecule is [CH2]CC(C)CC(C)(C)CC1CC[N]CC1. The van der Waals surface area contributed by atoms with Crippen LogP contribution in [-0.2, 0) is 0 Å². The molecule has 88 valence electrons. The van der Waals surface area contributed by atoms with Crippen LogP contribution in [0.15, 0.2) is 0 Å². The van der Waals surface area contributed by atoms with Crippen LogP contribution in [-0.4, -0.2) is 13.1 Å². The van der Waals surface area contributed by atoms with Crippen LogP contribution in [0, 0.1) is 24.2 Å². The van der Waals surface area contributed by atoms with Crippen LogP contribution >= 0.6 is 0 Å². The van der Waals surface area contributed by atoms with Crippen molar-refractivity contribution < 1.29 is 0 Å². The Kier molecular flexibility index (Phi) is 5.11. The second-order valence-corrected chi connectivity index (χ2v) is 6.08. The molecule has 1 heterocycles. The molecular weight excluding hydrogens is 182 g/mol. The van der Waals surface area contributed by atoms with Gasteiger partial charge in [0.05, 0.1) is 0 Å². The molecule has 0 aliphatic carbocycles. The van der Waals surface area contributed by atoms with Crippen molar-refractivity contribution in [3.8, 4) is 0 Å². The van der Waals surface area contributed by atoms with Crippen LogP contribution < -0.4 is 5.32 Å². The zero-order valence-electron chi connectivity index (χ0n) is 10.8. The number of hydrogen-bond acceptors (Lipinski definition) is 0. The lowest BCUT2D eigenvalue weighted by Crippen LogP contribution is -2.27. The van der Waals surface area contributed by atoms with Gasteiger partial charge in [0.2, 0.25) is 0 Å². The minimum Gasteiger partial charge on any atom is -0.242 e. The molecule has 0 N–H and O–H groups in total. The van der Waals surface area contributed by atoms with Crippen molar-refractivity contribution in [3.05, 3.63) is 6.92 Å². The molecule has 2 radical (unpaired) electrons. The van der Waals surface area contributed by atoms with Crippen molar-refractivity contribution in [2.24, 2.45) is 17.3 Å². The van der Waals surface area contributed by atoms with E-state index in [1.54, 1.807) is 0 Å². The molecule has 1 saturated heterocycles. The predicted molar refractivity (Wildman–Crippen MR) is 66.7 cm³/mol. The highest BCUT2D eigenvalue weighted by molar-refractivity contribution is 4.78. The van der Waals surface area contributed by atoms with E-state index in [2.05, 4.69) is 33.0 Å². The van der Waals surface area contributed by atoms with Gasteiger partial charge in [-0.25, -0.2) is 5.32 Å². The van der Waals surface area contributed by atoms with Gasteiger partial charge in [-0.2, -0.15) is 0 Å². The van der Waals surface area contributed by atoms with Gasteiger partial charge in [0.15, 0.2) is 0 Å². The lowest BCUT2D eigenvalue weighted by atomic mass is 9.74. The Balaban J connectivity index is 2.33. The first-order chi connectivity index (χ1) is 7.03. The predicted octanol–water partition coefficient (Wildman–Crippen LogP) is 3.67. The fourth-order valence-corrected chi connectivity index (χ4v) is 2.92. The molecular formula is C14H27N. The lowest BCUT2D eigenvalue weighted by molar-refractivity contribution is 0.189. The Bertz CT molecular complexity index is 168. The van der Waals surface area contributed by atoms with E-state index in [4.69, 9.17) is 0 Å². The fourth-order valence-electron chi connectivity index (χ4n) is 2.92. The first-order valence-corrected chi connectivity index (χ1v) is 6.46. The first kappa shape index (κ1) is 13.0. The van der Waals surface area contributed by atoms with Crippen molar-refractivity contribution in [1.29, 1.82) is 0 Å². The van der Waals surface area contributed by atoms with E-state index in [1.807, 2.05) is 0 Å². The zero-order chi connectivity index (χ0) is 11.3. The molecule has 1 atom stereocenters. The Morgan fingerprint density at radius 3 is 2.47 bits per heavy atom. The minimum absolute atomic E-state index is 0.499. The summed E-state index contributed by atoms with van der Waals surface area (Å²) in [5.74, 6) is 1.70. The molecule has 0 aromatic rings. The van der Waals surface area contributed by atoms with Gasteiger partial charge in [-0.15, -0.1) is 0 Å². The van der Waals surface area contributed by atoms with Gasteiger partial charge in [0.1, 0.15) is 0 Å². The maximum atomic E-state index is 4.42. The average Bonchev–Trinajstić information content (AvgIpc) is 2.17. The Morgan fingerprint density at radius 1 is 1.33 bits per heavy atom. The zero-order valence-corrected chi connectivity index (χ0v) is 10.8. The van der Waals surface area contributed by atoms with Crippen molar-refractivity contribution >= 4 is 0 Å². The van der Waals surface area contributed by atoms with Crippen LogP contribution in [0.2, 0.25) is 0 Å². The monoisotopic (exact) mass is 209 g/mol. The van der Waals surface area contributed by atoms with E-state index >= 15 is 0 Å². The van der Waals surface area contributed by atoms with Crippen LogP contribution in [0.1, 0.15) is 52.9 Å². The molecule has 1 unspecified atom stereocenters. The summed E-state index contributed by atoms with van der Waals surface area (Å²) in [4.78, 5) is 0. The van der Waals surface area contributed by atoms with Crippen molar-refractivity contribution in [1.82, 2.24) is 5.32 Å². The van der Waals surface area contributed by atoms with E-state index in [9.17, 15) is 0 Å². The van der Waals surface area contributed by atoms with Gasteiger partial charge in [-0.05, 0) is 42.9 Å². The molecule has 15 heavy (non-hydrogen) atoms. The second kappa shape index (κ2) is 5.89. The molecule has 0 aromatic heterocycles. The van der Waals surface area contributed by atoms with Gasteiger partial charge < -0.3 is 0 Å². The van der Waals surface area contributed by atoms with E-state index in [0.717, 1.165) is 31.3 Å². The van der Waals surface area contributed by atoms with E-state index in [-0.39, 0.29) is 0 Å². The number of piperidine rings is 1. The van der Waals surface area contributed by atoms with E-state index in [0.29, 0.717) is 5.41 Å². The van der Waals surface area contributed by atoms with Gasteiger partial charge in [-0.1, -0.05) is 34.1 Å². The van der Waals surface area contributed by atoms with E-state index in [1.165, 1.54) is 25.7 Å². The average molecular weight is 209 g/mol. The second-order valence-electron chi connectivity index (χ2n) is 6.08. The molecule has 0 saturated carbocycles. The fraction of sp³-hybridized carbons (Fsp3) is 0.929. The number of nitrogens with zero attached hydrogens (tertiary/aromatic N) is 1. The van der Waals surface area contributed by atoms with Gasteiger partial charge in [-0.3, -0.25) is 0 Å². The molecule has 0 bridgehead atoms. The van der Waals surface area contributed by atoms with Gasteiger partial charge >= 0.3 is 0 Å². The van der Waals surface area contributed by atoms with Crippen molar-refractivity contribution in [3.63, 3.8) is 0 Å². The summed E-state index contributed by atoms with van der Waals surface area (Å²) in [6.45, 7) is 13.4. The van der Waals surface area contributed by atoms with Crippen LogP contribution in [0.4, 0.5) is 0 Å². The highest BCUT2D eigenvalue weighted by Gasteiger charge is 2.26. The minimum atomic E-state index is 0.499. The number of hydrogen-bond donors (Lipinski definition) is 0. The van der Waals surface area contributed by atoms with Crippen molar-refractivity contribution in [2.45, 2.75) is 52.9 Å². The molecule has 0 amide bonds. The molecule has 1 aliphatic heterocycles. The standard InChI is InChI=1S/C14H27N/c1-5-12(2)10-14(3,4)11-13-6-8-15-9-7-13/h12-13H,1,5-11H2,2-4H3. The summed E-state index contributed by atoms with van der Waals surface area (Å²) in [7, 11) is 0. The maximum Gasteiger partial charge on any atom is 0.0136 e. The first-order valence-electron chi connectivity index (χ1n) is 6.46. The highest BCUT2D eigenvalue weighted by atomic mass is 14.9. The van der Waals surface area contributed by atoms with Crippen LogP contribution in [0.5, 0.6) is 0 Å². The Morgan fingerprint density at radius 2 is 1.93 bits per heavy atom. The van der Waals surface area contributed by atoms with Crippen LogP contribution in [0.25, 0.3) is 0 Å². The molecule has 0 aromatic carbocycles. The smallest absolute Gasteiger partial charge is 0.0136 e. The summed E-state index contributed by atoms with van der Waals surface area (Å²) in [6, 6.07) is 0. The molecule has 1 heteroatoms. The van der Waals surface area contributed by atoms with Crippen LogP contribution in [0.3, 0.4) is 0 Å². The topological polar surface area (TPSA) is 14.1 Å². The van der Waals surface area contributed by atoms with Crippen molar-refractivity contribution in [2.75, 3.05) is 13.1 Å². The summed E-state index contributed by atoms with van der Waals surface area (Å²) in [5, 5.41) is 4.42. The molecule has 1 fully saturated rings. The van der Waals surface area contributed by atoms with Gasteiger partial charge in [0, 0.05) is 13.1 Å². The maximum absolute atomic E-state index is 4.42. The Hall–Kier alpha value is -0.0400. The highest BCUT2D eigenvalue weighted by Crippen LogP contribution is 2.36. The van der Waals surface area contributed by atoms with Gasteiger partial charge in [0.25, 0.3) is 0 Å². The normalized spacial score (nSPS) is 21.6. The lowest BCUT2D eigenvalue weighted by Gasteiger charge is -2.33. The third kappa shape index (κ3) is 5.01. The Labute approximate surface area is 96.0 Å². The number of rotatable bonds is 5. The quantitative estimate of drug-likeness (QED) is 0.656. The third-order valence-electron chi connectivity index (χ3n) is 3.63. The molecule has 0 spiro atoms.